The number of benzene rings is 1. The van der Waals surface area contributed by atoms with Crippen LogP contribution in [0.2, 0.25) is 0 Å². The minimum atomic E-state index is -1.60. The molecule has 20 heavy (non-hydrogen) atoms. The number of rotatable bonds is 3. The van der Waals surface area contributed by atoms with E-state index in [0.29, 0.717) is 12.1 Å². The van der Waals surface area contributed by atoms with Gasteiger partial charge in [0.25, 0.3) is 5.91 Å². The van der Waals surface area contributed by atoms with Crippen molar-refractivity contribution in [2.24, 2.45) is 5.84 Å². The number of amides is 1. The Labute approximate surface area is 111 Å². The maximum absolute atomic E-state index is 13.0. The molecule has 0 aliphatic heterocycles. The molecule has 1 aromatic heterocycles. The van der Waals surface area contributed by atoms with Crippen molar-refractivity contribution in [1.82, 2.24) is 4.98 Å². The van der Waals surface area contributed by atoms with E-state index in [1.807, 2.05) is 0 Å². The first-order valence-corrected chi connectivity index (χ1v) is 5.40. The largest absolute Gasteiger partial charge is 0.322 e. The number of nitrogens with two attached hydrogens (primary N) is 1. The van der Waals surface area contributed by atoms with Gasteiger partial charge in [-0.1, -0.05) is 0 Å². The standard InChI is InChI=1S/C12H9F3N4O/c13-8-4-6(5-9(14)10(8)15)18-12(20)7-2-1-3-17-11(7)19-16/h1-5H,16H2,(H,17,19)(H,18,20). The second-order valence-electron chi connectivity index (χ2n) is 3.75. The summed E-state index contributed by atoms with van der Waals surface area (Å²) in [5.41, 5.74) is 2.06. The van der Waals surface area contributed by atoms with Gasteiger partial charge in [-0.05, 0) is 12.1 Å². The molecular weight excluding hydrogens is 273 g/mol. The molecule has 4 N–H and O–H groups in total. The SMILES string of the molecule is NNc1ncccc1C(=O)Nc1cc(F)c(F)c(F)c1. The van der Waals surface area contributed by atoms with Gasteiger partial charge in [-0.3, -0.25) is 4.79 Å². The smallest absolute Gasteiger partial charge is 0.259 e. The molecule has 0 atom stereocenters. The maximum Gasteiger partial charge on any atom is 0.259 e. The van der Waals surface area contributed by atoms with Crippen LogP contribution in [0.15, 0.2) is 30.5 Å². The highest BCUT2D eigenvalue weighted by Gasteiger charge is 2.15. The Hall–Kier alpha value is -2.61. The van der Waals surface area contributed by atoms with E-state index in [1.165, 1.54) is 18.3 Å². The van der Waals surface area contributed by atoms with Crippen LogP contribution in [0.4, 0.5) is 24.7 Å². The van der Waals surface area contributed by atoms with Gasteiger partial charge in [-0.15, -0.1) is 0 Å². The van der Waals surface area contributed by atoms with Crippen LogP contribution in [0, 0.1) is 17.5 Å². The molecule has 5 nitrogen and oxygen atoms in total. The summed E-state index contributed by atoms with van der Waals surface area (Å²) in [7, 11) is 0. The molecule has 2 aromatic rings. The third kappa shape index (κ3) is 2.69. The number of pyridine rings is 1. The fourth-order valence-electron chi connectivity index (χ4n) is 1.53. The summed E-state index contributed by atoms with van der Waals surface area (Å²) in [4.78, 5) is 15.7. The number of carbonyl (C=O) groups is 1. The first-order chi connectivity index (χ1) is 9.52. The van der Waals surface area contributed by atoms with Crippen molar-refractivity contribution in [2.45, 2.75) is 0 Å². The van der Waals surface area contributed by atoms with Crippen LogP contribution in [0.25, 0.3) is 0 Å². The minimum absolute atomic E-state index is 0.0696. The van der Waals surface area contributed by atoms with E-state index in [-0.39, 0.29) is 17.1 Å². The van der Waals surface area contributed by atoms with Crippen LogP contribution in [0.1, 0.15) is 10.4 Å². The van der Waals surface area contributed by atoms with Crippen molar-refractivity contribution in [2.75, 3.05) is 10.7 Å². The molecule has 104 valence electrons. The summed E-state index contributed by atoms with van der Waals surface area (Å²) in [6.45, 7) is 0. The van der Waals surface area contributed by atoms with Gasteiger partial charge in [0.15, 0.2) is 23.3 Å². The molecule has 1 heterocycles. The highest BCUT2D eigenvalue weighted by Crippen LogP contribution is 2.19. The predicted octanol–water partition coefficient (Wildman–Crippen LogP) is 2.04. The molecule has 0 saturated heterocycles. The van der Waals surface area contributed by atoms with Gasteiger partial charge in [0.05, 0.1) is 5.56 Å². The molecule has 0 radical (unpaired) electrons. The molecule has 2 rings (SSSR count). The van der Waals surface area contributed by atoms with Crippen LogP contribution in [-0.4, -0.2) is 10.9 Å². The summed E-state index contributed by atoms with van der Waals surface area (Å²) in [5, 5.41) is 2.22. The summed E-state index contributed by atoms with van der Waals surface area (Å²) in [6.07, 6.45) is 1.41. The van der Waals surface area contributed by atoms with E-state index in [1.54, 1.807) is 0 Å². The third-order valence-electron chi connectivity index (χ3n) is 2.43. The highest BCUT2D eigenvalue weighted by atomic mass is 19.2. The number of carbonyl (C=O) groups excluding carboxylic acids is 1. The van der Waals surface area contributed by atoms with Crippen LogP contribution in [0.5, 0.6) is 0 Å². The molecular formula is C12H9F3N4O. The van der Waals surface area contributed by atoms with Gasteiger partial charge >= 0.3 is 0 Å². The normalized spacial score (nSPS) is 10.2. The van der Waals surface area contributed by atoms with E-state index in [9.17, 15) is 18.0 Å². The van der Waals surface area contributed by atoms with E-state index < -0.39 is 23.4 Å². The molecule has 0 saturated carbocycles. The Kier molecular flexibility index (Phi) is 3.85. The second kappa shape index (κ2) is 5.57. The zero-order valence-corrected chi connectivity index (χ0v) is 9.95. The van der Waals surface area contributed by atoms with Crippen molar-refractivity contribution in [1.29, 1.82) is 0 Å². The topological polar surface area (TPSA) is 80.0 Å². The van der Waals surface area contributed by atoms with Gasteiger partial charge in [0, 0.05) is 24.0 Å². The molecule has 0 fully saturated rings. The van der Waals surface area contributed by atoms with Gasteiger partial charge < -0.3 is 10.7 Å². The van der Waals surface area contributed by atoms with Crippen LogP contribution >= 0.6 is 0 Å². The zero-order chi connectivity index (χ0) is 14.7. The highest BCUT2D eigenvalue weighted by molar-refractivity contribution is 6.07. The molecule has 0 bridgehead atoms. The van der Waals surface area contributed by atoms with Gasteiger partial charge in [-0.25, -0.2) is 24.0 Å². The van der Waals surface area contributed by atoms with E-state index >= 15 is 0 Å². The Morgan fingerprint density at radius 1 is 1.20 bits per heavy atom. The molecule has 0 spiro atoms. The maximum atomic E-state index is 13.0. The number of hydrogen-bond acceptors (Lipinski definition) is 4. The van der Waals surface area contributed by atoms with E-state index in [2.05, 4.69) is 15.7 Å². The third-order valence-corrected chi connectivity index (χ3v) is 2.43. The average Bonchev–Trinajstić information content (AvgIpc) is 2.44. The summed E-state index contributed by atoms with van der Waals surface area (Å²) in [5.74, 6) is 0.179. The van der Waals surface area contributed by atoms with Crippen molar-refractivity contribution in [3.05, 3.63) is 53.5 Å². The van der Waals surface area contributed by atoms with Crippen LogP contribution in [0.3, 0.4) is 0 Å². The van der Waals surface area contributed by atoms with Crippen LogP contribution in [-0.2, 0) is 0 Å². The lowest BCUT2D eigenvalue weighted by molar-refractivity contribution is 0.102. The number of nitrogens with one attached hydrogen (secondary N) is 2. The van der Waals surface area contributed by atoms with E-state index in [4.69, 9.17) is 5.84 Å². The summed E-state index contributed by atoms with van der Waals surface area (Å²) < 4.78 is 38.8. The van der Waals surface area contributed by atoms with Gasteiger partial charge in [0.2, 0.25) is 0 Å². The molecule has 1 aromatic carbocycles. The number of anilines is 2. The quantitative estimate of drug-likeness (QED) is 0.457. The number of hydrazine groups is 1. The number of nitrogens with zero attached hydrogens (tertiary/aromatic N) is 1. The second-order valence-corrected chi connectivity index (χ2v) is 3.75. The van der Waals surface area contributed by atoms with Crippen molar-refractivity contribution < 1.29 is 18.0 Å². The van der Waals surface area contributed by atoms with Crippen LogP contribution < -0.4 is 16.6 Å². The molecule has 1 amide bonds. The van der Waals surface area contributed by atoms with Crippen molar-refractivity contribution in [3.63, 3.8) is 0 Å². The monoisotopic (exact) mass is 282 g/mol. The van der Waals surface area contributed by atoms with Gasteiger partial charge in [-0.2, -0.15) is 0 Å². The Balaban J connectivity index is 2.28. The Bertz CT molecular complexity index is 640. The summed E-state index contributed by atoms with van der Waals surface area (Å²) >= 11 is 0. The Morgan fingerprint density at radius 2 is 1.85 bits per heavy atom. The summed E-state index contributed by atoms with van der Waals surface area (Å²) in [6, 6.07) is 4.24. The van der Waals surface area contributed by atoms with Gasteiger partial charge in [0.1, 0.15) is 0 Å². The first-order valence-electron chi connectivity index (χ1n) is 5.40. The van der Waals surface area contributed by atoms with E-state index in [0.717, 1.165) is 0 Å². The minimum Gasteiger partial charge on any atom is -0.322 e. The Morgan fingerprint density at radius 3 is 2.45 bits per heavy atom. The predicted molar refractivity (Wildman–Crippen MR) is 66.3 cm³/mol. The van der Waals surface area contributed by atoms with Crippen molar-refractivity contribution in [3.8, 4) is 0 Å². The number of aromatic nitrogens is 1. The lowest BCUT2D eigenvalue weighted by Gasteiger charge is -2.09. The number of nitrogen functional groups attached to an aromatic ring is 1. The lowest BCUT2D eigenvalue weighted by atomic mass is 10.2. The molecule has 0 aliphatic rings. The average molecular weight is 282 g/mol. The van der Waals surface area contributed by atoms with Crippen molar-refractivity contribution >= 4 is 17.4 Å². The first kappa shape index (κ1) is 13.8. The number of halogens is 3. The molecule has 0 unspecified atom stereocenters. The fraction of sp³-hybridized carbons (Fsp3) is 0. The molecule has 0 aliphatic carbocycles. The fourth-order valence-corrected chi connectivity index (χ4v) is 1.53. The lowest BCUT2D eigenvalue weighted by Crippen LogP contribution is -2.18. The molecule has 8 heteroatoms. The number of hydrogen-bond donors (Lipinski definition) is 3. The zero-order valence-electron chi connectivity index (χ0n) is 9.95.